The molecular formula is C15H28IN5. The summed E-state index contributed by atoms with van der Waals surface area (Å²) in [5.74, 6) is 0.900. The fourth-order valence-corrected chi connectivity index (χ4v) is 2.99. The predicted octanol–water partition coefficient (Wildman–Crippen LogP) is 2.64. The van der Waals surface area contributed by atoms with Crippen molar-refractivity contribution >= 4 is 29.9 Å². The molecule has 0 aromatic carbocycles. The molecule has 0 radical (unpaired) electrons. The van der Waals surface area contributed by atoms with Gasteiger partial charge in [-0.1, -0.05) is 19.8 Å². The van der Waals surface area contributed by atoms with Crippen LogP contribution >= 0.6 is 24.0 Å². The monoisotopic (exact) mass is 405 g/mol. The molecule has 2 N–H and O–H groups in total. The number of hydrogen-bond acceptors (Lipinski definition) is 2. The van der Waals surface area contributed by atoms with Crippen LogP contribution in [0.3, 0.4) is 0 Å². The lowest BCUT2D eigenvalue weighted by molar-refractivity contribution is 0.283. The van der Waals surface area contributed by atoms with Gasteiger partial charge in [-0.15, -0.1) is 24.0 Å². The number of hydrogen-bond donors (Lipinski definition) is 2. The second kappa shape index (κ2) is 9.27. The van der Waals surface area contributed by atoms with Gasteiger partial charge in [-0.05, 0) is 30.7 Å². The van der Waals surface area contributed by atoms with Gasteiger partial charge in [0.2, 0.25) is 0 Å². The van der Waals surface area contributed by atoms with E-state index in [1.165, 1.54) is 32.1 Å². The van der Waals surface area contributed by atoms with Crippen molar-refractivity contribution < 1.29 is 0 Å². The second-order valence-corrected chi connectivity index (χ2v) is 5.68. The Bertz CT molecular complexity index is 410. The Labute approximate surface area is 145 Å². The van der Waals surface area contributed by atoms with E-state index in [0.29, 0.717) is 5.41 Å². The normalized spacial score (nSPS) is 17.3. The van der Waals surface area contributed by atoms with Crippen LogP contribution in [0.2, 0.25) is 0 Å². The van der Waals surface area contributed by atoms with Crippen LogP contribution < -0.4 is 10.6 Å². The molecule has 1 fully saturated rings. The fourth-order valence-electron chi connectivity index (χ4n) is 2.99. The third-order valence-corrected chi connectivity index (χ3v) is 4.46. The molecule has 0 saturated heterocycles. The van der Waals surface area contributed by atoms with Gasteiger partial charge in [0, 0.05) is 32.5 Å². The van der Waals surface area contributed by atoms with E-state index < -0.39 is 0 Å². The summed E-state index contributed by atoms with van der Waals surface area (Å²) in [6.45, 7) is 5.03. The Morgan fingerprint density at radius 2 is 2.10 bits per heavy atom. The van der Waals surface area contributed by atoms with Gasteiger partial charge in [-0.25, -0.2) is 0 Å². The number of guanidine groups is 1. The molecule has 0 spiro atoms. The van der Waals surface area contributed by atoms with Crippen molar-refractivity contribution in [2.45, 2.75) is 45.6 Å². The quantitative estimate of drug-likeness (QED) is 0.435. The number of nitrogens with zero attached hydrogens (tertiary/aromatic N) is 3. The molecule has 1 aliphatic carbocycles. The standard InChI is InChI=1S/C15H27N5.HI/c1-3-15(7-4-5-8-15)13-18-14(16-2)17-10-12-20-11-6-9-19-20;/h6,9,11H,3-5,7-8,10,12-13H2,1-2H3,(H2,16,17,18);1H. The van der Waals surface area contributed by atoms with E-state index in [1.54, 1.807) is 6.20 Å². The molecule has 6 heteroatoms. The zero-order chi connectivity index (χ0) is 14.3. The van der Waals surface area contributed by atoms with E-state index in [4.69, 9.17) is 0 Å². The zero-order valence-electron chi connectivity index (χ0n) is 13.1. The minimum Gasteiger partial charge on any atom is -0.356 e. The van der Waals surface area contributed by atoms with Gasteiger partial charge >= 0.3 is 0 Å². The van der Waals surface area contributed by atoms with Crippen LogP contribution in [0.25, 0.3) is 0 Å². The summed E-state index contributed by atoms with van der Waals surface area (Å²) in [5.41, 5.74) is 0.486. The third-order valence-electron chi connectivity index (χ3n) is 4.46. The maximum Gasteiger partial charge on any atom is 0.191 e. The van der Waals surface area contributed by atoms with Crippen molar-refractivity contribution in [3.8, 4) is 0 Å². The van der Waals surface area contributed by atoms with Crippen LogP contribution in [0.15, 0.2) is 23.5 Å². The molecular weight excluding hydrogens is 377 g/mol. The minimum absolute atomic E-state index is 0. The van der Waals surface area contributed by atoms with E-state index in [-0.39, 0.29) is 24.0 Å². The summed E-state index contributed by atoms with van der Waals surface area (Å²) < 4.78 is 1.92. The van der Waals surface area contributed by atoms with E-state index in [0.717, 1.165) is 25.6 Å². The summed E-state index contributed by atoms with van der Waals surface area (Å²) >= 11 is 0. The molecule has 0 aliphatic heterocycles. The first-order valence-electron chi connectivity index (χ1n) is 7.70. The Kier molecular flexibility index (Phi) is 8.06. The Balaban J connectivity index is 0.00000220. The smallest absolute Gasteiger partial charge is 0.191 e. The van der Waals surface area contributed by atoms with Gasteiger partial charge in [0.25, 0.3) is 0 Å². The van der Waals surface area contributed by atoms with Crippen molar-refractivity contribution in [2.24, 2.45) is 10.4 Å². The highest BCUT2D eigenvalue weighted by atomic mass is 127. The lowest BCUT2D eigenvalue weighted by Gasteiger charge is -2.28. The molecule has 2 rings (SSSR count). The summed E-state index contributed by atoms with van der Waals surface area (Å²) in [7, 11) is 1.83. The van der Waals surface area contributed by atoms with Crippen LogP contribution in [-0.2, 0) is 6.54 Å². The van der Waals surface area contributed by atoms with Gasteiger partial charge in [0.05, 0.1) is 6.54 Å². The van der Waals surface area contributed by atoms with E-state index >= 15 is 0 Å². The molecule has 0 unspecified atom stereocenters. The molecule has 120 valence electrons. The third kappa shape index (κ3) is 5.48. The number of nitrogens with one attached hydrogen (secondary N) is 2. The maximum absolute atomic E-state index is 4.30. The number of halogens is 1. The molecule has 0 bridgehead atoms. The summed E-state index contributed by atoms with van der Waals surface area (Å²) in [6, 6.07) is 1.94. The van der Waals surface area contributed by atoms with Gasteiger partial charge in [0.1, 0.15) is 0 Å². The first-order chi connectivity index (χ1) is 9.78. The Morgan fingerprint density at radius 3 is 2.67 bits per heavy atom. The highest BCUT2D eigenvalue weighted by Crippen LogP contribution is 2.40. The molecule has 1 aromatic rings. The molecule has 1 saturated carbocycles. The largest absolute Gasteiger partial charge is 0.356 e. The average molecular weight is 405 g/mol. The van der Waals surface area contributed by atoms with Crippen molar-refractivity contribution in [3.63, 3.8) is 0 Å². The molecule has 21 heavy (non-hydrogen) atoms. The number of aliphatic imine (C=N–C) groups is 1. The molecule has 0 amide bonds. The number of rotatable bonds is 6. The van der Waals surface area contributed by atoms with Crippen molar-refractivity contribution in [3.05, 3.63) is 18.5 Å². The zero-order valence-corrected chi connectivity index (χ0v) is 15.5. The Morgan fingerprint density at radius 1 is 1.33 bits per heavy atom. The highest BCUT2D eigenvalue weighted by Gasteiger charge is 2.31. The van der Waals surface area contributed by atoms with Crippen LogP contribution in [0.5, 0.6) is 0 Å². The van der Waals surface area contributed by atoms with E-state index in [2.05, 4.69) is 27.6 Å². The minimum atomic E-state index is 0. The number of aromatic nitrogens is 2. The lowest BCUT2D eigenvalue weighted by atomic mass is 9.83. The predicted molar refractivity (Wildman–Crippen MR) is 98.2 cm³/mol. The summed E-state index contributed by atoms with van der Waals surface area (Å²) in [5, 5.41) is 11.0. The van der Waals surface area contributed by atoms with Gasteiger partial charge in [0.15, 0.2) is 5.96 Å². The van der Waals surface area contributed by atoms with Crippen molar-refractivity contribution in [2.75, 3.05) is 20.1 Å². The van der Waals surface area contributed by atoms with Gasteiger partial charge < -0.3 is 10.6 Å². The van der Waals surface area contributed by atoms with Gasteiger partial charge in [-0.2, -0.15) is 5.10 Å². The SMILES string of the molecule is CCC1(CNC(=NC)NCCn2cccn2)CCCC1.I. The van der Waals surface area contributed by atoms with Gasteiger partial charge in [-0.3, -0.25) is 9.67 Å². The highest BCUT2D eigenvalue weighted by molar-refractivity contribution is 14.0. The van der Waals surface area contributed by atoms with Crippen LogP contribution in [0.4, 0.5) is 0 Å². The van der Waals surface area contributed by atoms with Crippen LogP contribution in [-0.4, -0.2) is 35.9 Å². The van der Waals surface area contributed by atoms with Crippen molar-refractivity contribution in [1.82, 2.24) is 20.4 Å². The molecule has 0 atom stereocenters. The van der Waals surface area contributed by atoms with E-state index in [1.807, 2.05) is 24.0 Å². The van der Waals surface area contributed by atoms with Crippen molar-refractivity contribution in [1.29, 1.82) is 0 Å². The first kappa shape index (κ1) is 18.3. The second-order valence-electron chi connectivity index (χ2n) is 5.68. The van der Waals surface area contributed by atoms with Crippen LogP contribution in [0.1, 0.15) is 39.0 Å². The molecule has 1 aromatic heterocycles. The fraction of sp³-hybridized carbons (Fsp3) is 0.733. The van der Waals surface area contributed by atoms with Crippen LogP contribution in [0, 0.1) is 5.41 Å². The van der Waals surface area contributed by atoms with E-state index in [9.17, 15) is 0 Å². The molecule has 1 aliphatic rings. The topological polar surface area (TPSA) is 54.2 Å². The molecule has 5 nitrogen and oxygen atoms in total. The lowest BCUT2D eigenvalue weighted by Crippen LogP contribution is -2.43. The first-order valence-corrected chi connectivity index (χ1v) is 7.70. The molecule has 1 heterocycles. The summed E-state index contributed by atoms with van der Waals surface area (Å²) in [6.07, 6.45) is 10.5. The maximum atomic E-state index is 4.30. The Hall–Kier alpha value is -0.790. The summed E-state index contributed by atoms with van der Waals surface area (Å²) in [4.78, 5) is 4.30. The average Bonchev–Trinajstić information content (AvgIpc) is 3.14.